The van der Waals surface area contributed by atoms with Crippen molar-refractivity contribution in [2.45, 2.75) is 13.3 Å². The molecule has 0 atom stereocenters. The topological polar surface area (TPSA) is 63.9 Å². The minimum Gasteiger partial charge on any atom is -0.497 e. The zero-order chi connectivity index (χ0) is 14.8. The van der Waals surface area contributed by atoms with E-state index in [0.29, 0.717) is 5.82 Å². The number of methoxy groups -OCH3 is 1. The molecule has 5 heteroatoms. The van der Waals surface area contributed by atoms with Crippen LogP contribution in [0.5, 0.6) is 5.75 Å². The maximum Gasteiger partial charge on any atom is 0.153 e. The Morgan fingerprint density at radius 1 is 1.24 bits per heavy atom. The van der Waals surface area contributed by atoms with Gasteiger partial charge in [0.1, 0.15) is 5.75 Å². The molecule has 0 amide bonds. The zero-order valence-corrected chi connectivity index (χ0v) is 12.8. The lowest BCUT2D eigenvalue weighted by Gasteiger charge is -2.06. The van der Waals surface area contributed by atoms with Gasteiger partial charge < -0.3 is 10.5 Å². The molecule has 1 aromatic carbocycles. The van der Waals surface area contributed by atoms with E-state index in [1.54, 1.807) is 18.4 Å². The Kier molecular flexibility index (Phi) is 3.66. The molecule has 0 aliphatic heterocycles. The summed E-state index contributed by atoms with van der Waals surface area (Å²) in [5.74, 6) is 1.35. The van der Waals surface area contributed by atoms with Crippen LogP contribution in [-0.4, -0.2) is 17.3 Å². The van der Waals surface area contributed by atoms with E-state index in [1.807, 2.05) is 24.3 Å². The molecular weight excluding hydrogens is 282 g/mol. The van der Waals surface area contributed by atoms with Crippen LogP contribution in [0.3, 0.4) is 0 Å². The van der Waals surface area contributed by atoms with E-state index >= 15 is 0 Å². The molecule has 0 spiro atoms. The highest BCUT2D eigenvalue weighted by Crippen LogP contribution is 2.39. The first-order valence-electron chi connectivity index (χ1n) is 6.79. The van der Waals surface area contributed by atoms with E-state index in [9.17, 15) is 0 Å². The number of nitrogens with one attached hydrogen (secondary N) is 1. The number of ether oxygens (including phenoxy) is 1. The first-order chi connectivity index (χ1) is 10.2. The second kappa shape index (κ2) is 5.61. The molecule has 0 radical (unpaired) electrons. The molecule has 0 saturated heterocycles. The molecular formula is C16H17N3OS. The molecule has 0 aliphatic rings. The summed E-state index contributed by atoms with van der Waals surface area (Å²) in [6, 6.07) is 10.0. The number of hydrogen-bond donors (Lipinski definition) is 2. The van der Waals surface area contributed by atoms with Gasteiger partial charge in [-0.2, -0.15) is 5.10 Å². The van der Waals surface area contributed by atoms with Crippen LogP contribution in [0.4, 0.5) is 5.82 Å². The number of nitrogens with two attached hydrogens (primary N) is 1. The smallest absolute Gasteiger partial charge is 0.153 e. The summed E-state index contributed by atoms with van der Waals surface area (Å²) >= 11 is 1.71. The lowest BCUT2D eigenvalue weighted by atomic mass is 10.0. The van der Waals surface area contributed by atoms with Crippen molar-refractivity contribution in [3.05, 3.63) is 41.3 Å². The number of aromatic amines is 1. The van der Waals surface area contributed by atoms with Crippen LogP contribution >= 0.6 is 11.3 Å². The standard InChI is InChI=1S/C16H17N3OS/c1-3-10-8-9-21-15(10)14-13(16(17)19-18-14)11-4-6-12(20-2)7-5-11/h4-9H,3H2,1-2H3,(H3,17,18,19). The molecule has 3 rings (SSSR count). The van der Waals surface area contributed by atoms with Gasteiger partial charge in [-0.05, 0) is 41.1 Å². The predicted octanol–water partition coefficient (Wildman–Crippen LogP) is 3.96. The van der Waals surface area contributed by atoms with Gasteiger partial charge in [-0.1, -0.05) is 19.1 Å². The highest BCUT2D eigenvalue weighted by molar-refractivity contribution is 7.13. The predicted molar refractivity (Wildman–Crippen MR) is 87.7 cm³/mol. The number of nitrogens with zero attached hydrogens (tertiary/aromatic N) is 1. The van der Waals surface area contributed by atoms with E-state index in [0.717, 1.165) is 29.0 Å². The maximum absolute atomic E-state index is 6.07. The Morgan fingerprint density at radius 2 is 2.00 bits per heavy atom. The summed E-state index contributed by atoms with van der Waals surface area (Å²) in [6.07, 6.45) is 0.986. The number of thiophene rings is 1. The lowest BCUT2D eigenvalue weighted by Crippen LogP contribution is -1.90. The van der Waals surface area contributed by atoms with Gasteiger partial charge in [0, 0.05) is 0 Å². The summed E-state index contributed by atoms with van der Waals surface area (Å²) in [5.41, 5.74) is 10.4. The first-order valence-corrected chi connectivity index (χ1v) is 7.67. The molecule has 2 aromatic heterocycles. The average molecular weight is 299 g/mol. The quantitative estimate of drug-likeness (QED) is 0.766. The van der Waals surface area contributed by atoms with Crippen LogP contribution in [0.15, 0.2) is 35.7 Å². The summed E-state index contributed by atoms with van der Waals surface area (Å²) in [7, 11) is 1.66. The SMILES string of the molecule is CCc1ccsc1-c1[nH]nc(N)c1-c1ccc(OC)cc1. The number of anilines is 1. The van der Waals surface area contributed by atoms with Crippen molar-refractivity contribution in [1.82, 2.24) is 10.2 Å². The number of benzene rings is 1. The number of aromatic nitrogens is 2. The van der Waals surface area contributed by atoms with Crippen LogP contribution < -0.4 is 10.5 Å². The molecule has 0 aliphatic carbocycles. The van der Waals surface area contributed by atoms with Crippen molar-refractivity contribution >= 4 is 17.2 Å². The Balaban J connectivity index is 2.12. The van der Waals surface area contributed by atoms with E-state index in [1.165, 1.54) is 10.4 Å². The third kappa shape index (κ3) is 2.40. The van der Waals surface area contributed by atoms with Crippen molar-refractivity contribution in [3.8, 4) is 27.4 Å². The van der Waals surface area contributed by atoms with Gasteiger partial charge in [-0.15, -0.1) is 11.3 Å². The highest BCUT2D eigenvalue weighted by atomic mass is 32.1. The van der Waals surface area contributed by atoms with Gasteiger partial charge in [-0.3, -0.25) is 5.10 Å². The Morgan fingerprint density at radius 3 is 2.67 bits per heavy atom. The van der Waals surface area contributed by atoms with Crippen molar-refractivity contribution in [2.75, 3.05) is 12.8 Å². The van der Waals surface area contributed by atoms with Gasteiger partial charge in [-0.25, -0.2) is 0 Å². The number of H-pyrrole nitrogens is 1. The summed E-state index contributed by atoms with van der Waals surface area (Å²) < 4.78 is 5.20. The summed E-state index contributed by atoms with van der Waals surface area (Å²) in [6.45, 7) is 2.15. The fourth-order valence-electron chi connectivity index (χ4n) is 2.40. The minimum absolute atomic E-state index is 0.519. The molecule has 0 saturated carbocycles. The Hall–Kier alpha value is -2.27. The van der Waals surface area contributed by atoms with Gasteiger partial charge >= 0.3 is 0 Å². The van der Waals surface area contributed by atoms with Gasteiger partial charge in [0.2, 0.25) is 0 Å². The second-order valence-electron chi connectivity index (χ2n) is 4.72. The third-order valence-electron chi connectivity index (χ3n) is 3.53. The zero-order valence-electron chi connectivity index (χ0n) is 12.0. The first kappa shape index (κ1) is 13.7. The molecule has 0 bridgehead atoms. The van der Waals surface area contributed by atoms with Gasteiger partial charge in [0.05, 0.1) is 23.2 Å². The molecule has 21 heavy (non-hydrogen) atoms. The van der Waals surface area contributed by atoms with E-state index < -0.39 is 0 Å². The minimum atomic E-state index is 0.519. The van der Waals surface area contributed by atoms with E-state index in [4.69, 9.17) is 10.5 Å². The third-order valence-corrected chi connectivity index (χ3v) is 4.50. The normalized spacial score (nSPS) is 10.8. The molecule has 0 fully saturated rings. The molecule has 3 N–H and O–H groups in total. The van der Waals surface area contributed by atoms with Crippen LogP contribution in [0.2, 0.25) is 0 Å². The monoisotopic (exact) mass is 299 g/mol. The van der Waals surface area contributed by atoms with Gasteiger partial charge in [0.15, 0.2) is 5.82 Å². The largest absolute Gasteiger partial charge is 0.497 e. The maximum atomic E-state index is 6.07. The van der Waals surface area contributed by atoms with Crippen LogP contribution in [0.1, 0.15) is 12.5 Å². The van der Waals surface area contributed by atoms with Crippen molar-refractivity contribution in [2.24, 2.45) is 0 Å². The van der Waals surface area contributed by atoms with E-state index in [2.05, 4.69) is 28.6 Å². The molecule has 108 valence electrons. The highest BCUT2D eigenvalue weighted by Gasteiger charge is 2.17. The van der Waals surface area contributed by atoms with Crippen molar-refractivity contribution in [3.63, 3.8) is 0 Å². The molecule has 0 unspecified atom stereocenters. The molecule has 3 aromatic rings. The van der Waals surface area contributed by atoms with Crippen LogP contribution in [0.25, 0.3) is 21.7 Å². The number of hydrogen-bond acceptors (Lipinski definition) is 4. The number of aryl methyl sites for hydroxylation is 1. The fraction of sp³-hybridized carbons (Fsp3) is 0.188. The van der Waals surface area contributed by atoms with Crippen molar-refractivity contribution in [1.29, 1.82) is 0 Å². The van der Waals surface area contributed by atoms with E-state index in [-0.39, 0.29) is 0 Å². The number of rotatable bonds is 4. The Bertz CT molecular complexity index is 743. The Labute approximate surface area is 127 Å². The fourth-order valence-corrected chi connectivity index (χ4v) is 3.40. The molecule has 4 nitrogen and oxygen atoms in total. The lowest BCUT2D eigenvalue weighted by molar-refractivity contribution is 0.415. The van der Waals surface area contributed by atoms with Gasteiger partial charge in [0.25, 0.3) is 0 Å². The molecule has 2 heterocycles. The summed E-state index contributed by atoms with van der Waals surface area (Å²) in [5, 5.41) is 9.38. The van der Waals surface area contributed by atoms with Crippen LogP contribution in [-0.2, 0) is 6.42 Å². The number of nitrogen functional groups attached to an aromatic ring is 1. The van der Waals surface area contributed by atoms with Crippen molar-refractivity contribution < 1.29 is 4.74 Å². The summed E-state index contributed by atoms with van der Waals surface area (Å²) in [4.78, 5) is 1.20. The second-order valence-corrected chi connectivity index (χ2v) is 5.63. The average Bonchev–Trinajstić information content (AvgIpc) is 3.13. The van der Waals surface area contributed by atoms with Crippen LogP contribution in [0, 0.1) is 0 Å².